The van der Waals surface area contributed by atoms with Crippen molar-refractivity contribution in [3.05, 3.63) is 35.4 Å². The smallest absolute Gasteiger partial charge is 0.338 e. The molecule has 0 radical (unpaired) electrons. The third-order valence-corrected chi connectivity index (χ3v) is 2.35. The average Bonchev–Trinajstić information content (AvgIpc) is 2.35. The maximum Gasteiger partial charge on any atom is 0.338 e. The number of esters is 2. The van der Waals surface area contributed by atoms with Crippen LogP contribution in [0.25, 0.3) is 0 Å². The highest BCUT2D eigenvalue weighted by molar-refractivity contribution is 5.89. The van der Waals surface area contributed by atoms with Gasteiger partial charge in [0.15, 0.2) is 0 Å². The number of hydrogen-bond acceptors (Lipinski definition) is 4. The summed E-state index contributed by atoms with van der Waals surface area (Å²) in [4.78, 5) is 22.6. The lowest BCUT2D eigenvalue weighted by Crippen LogP contribution is -2.09. The van der Waals surface area contributed by atoms with Crippen molar-refractivity contribution in [2.45, 2.75) is 26.7 Å². The van der Waals surface area contributed by atoms with Gasteiger partial charge in [0.1, 0.15) is 0 Å². The van der Waals surface area contributed by atoms with Crippen LogP contribution in [-0.2, 0) is 14.3 Å². The number of hydrogen-bond donors (Lipinski definition) is 0. The summed E-state index contributed by atoms with van der Waals surface area (Å²) < 4.78 is 9.82. The Morgan fingerprint density at radius 1 is 1.11 bits per heavy atom. The minimum Gasteiger partial charge on any atom is -0.466 e. The van der Waals surface area contributed by atoms with Gasteiger partial charge < -0.3 is 9.47 Å². The minimum absolute atomic E-state index is 0.228. The Bertz CT molecular complexity index is 395. The summed E-state index contributed by atoms with van der Waals surface area (Å²) in [6, 6.07) is 7.16. The molecule has 1 aromatic carbocycles. The first-order valence-electron chi connectivity index (χ1n) is 6.03. The van der Waals surface area contributed by atoms with Crippen molar-refractivity contribution in [2.75, 3.05) is 13.2 Å². The molecular weight excluding hydrogens is 232 g/mol. The first-order chi connectivity index (χ1) is 8.63. The lowest BCUT2D eigenvalue weighted by molar-refractivity contribution is -0.143. The molecule has 0 saturated heterocycles. The van der Waals surface area contributed by atoms with Crippen LogP contribution in [0.15, 0.2) is 24.3 Å². The van der Waals surface area contributed by atoms with Crippen molar-refractivity contribution in [1.82, 2.24) is 0 Å². The number of benzene rings is 1. The molecule has 18 heavy (non-hydrogen) atoms. The lowest BCUT2D eigenvalue weighted by atomic mass is 10.1. The first kappa shape index (κ1) is 14.2. The second-order valence-electron chi connectivity index (χ2n) is 3.91. The predicted molar refractivity (Wildman–Crippen MR) is 67.3 cm³/mol. The average molecular weight is 250 g/mol. The van der Waals surface area contributed by atoms with Crippen molar-refractivity contribution in [3.8, 4) is 0 Å². The van der Waals surface area contributed by atoms with Crippen LogP contribution in [0.2, 0.25) is 0 Å². The van der Waals surface area contributed by atoms with Gasteiger partial charge in [-0.1, -0.05) is 17.7 Å². The fraction of sp³-hybridized carbons (Fsp3) is 0.429. The van der Waals surface area contributed by atoms with Crippen LogP contribution in [0.3, 0.4) is 0 Å². The molecule has 0 atom stereocenters. The van der Waals surface area contributed by atoms with Crippen LogP contribution in [-0.4, -0.2) is 25.2 Å². The topological polar surface area (TPSA) is 52.6 Å². The van der Waals surface area contributed by atoms with Gasteiger partial charge in [0.05, 0.1) is 18.8 Å². The van der Waals surface area contributed by atoms with Gasteiger partial charge in [0.25, 0.3) is 0 Å². The van der Waals surface area contributed by atoms with E-state index in [-0.39, 0.29) is 25.0 Å². The molecule has 1 rings (SSSR count). The van der Waals surface area contributed by atoms with Crippen LogP contribution in [0.1, 0.15) is 35.7 Å². The van der Waals surface area contributed by atoms with Crippen molar-refractivity contribution in [1.29, 1.82) is 0 Å². The monoisotopic (exact) mass is 250 g/mol. The van der Waals surface area contributed by atoms with E-state index in [0.717, 1.165) is 5.56 Å². The zero-order valence-corrected chi connectivity index (χ0v) is 10.8. The van der Waals surface area contributed by atoms with E-state index in [1.54, 1.807) is 19.1 Å². The quantitative estimate of drug-likeness (QED) is 0.575. The van der Waals surface area contributed by atoms with Crippen molar-refractivity contribution in [2.24, 2.45) is 0 Å². The number of rotatable bonds is 6. The van der Waals surface area contributed by atoms with Crippen molar-refractivity contribution in [3.63, 3.8) is 0 Å². The number of carbonyl (C=O) groups excluding carboxylic acids is 2. The summed E-state index contributed by atoms with van der Waals surface area (Å²) in [6.45, 7) is 4.32. The van der Waals surface area contributed by atoms with E-state index in [4.69, 9.17) is 9.47 Å². The summed E-state index contributed by atoms with van der Waals surface area (Å²) in [7, 11) is 0. The van der Waals surface area contributed by atoms with E-state index < -0.39 is 0 Å². The molecule has 0 N–H and O–H groups in total. The van der Waals surface area contributed by atoms with Crippen molar-refractivity contribution < 1.29 is 19.1 Å². The molecule has 0 bridgehead atoms. The van der Waals surface area contributed by atoms with Gasteiger partial charge in [0, 0.05) is 6.42 Å². The highest BCUT2D eigenvalue weighted by Crippen LogP contribution is 2.05. The molecular formula is C14H18O4. The third kappa shape index (κ3) is 4.99. The maximum atomic E-state index is 11.6. The number of ether oxygens (including phenoxy) is 2. The second-order valence-corrected chi connectivity index (χ2v) is 3.91. The fourth-order valence-corrected chi connectivity index (χ4v) is 1.39. The highest BCUT2D eigenvalue weighted by Gasteiger charge is 2.07. The van der Waals surface area contributed by atoms with Gasteiger partial charge in [-0.15, -0.1) is 0 Å². The Morgan fingerprint density at radius 2 is 1.78 bits per heavy atom. The Hall–Kier alpha value is -1.84. The summed E-state index contributed by atoms with van der Waals surface area (Å²) in [5, 5.41) is 0. The molecule has 4 heteroatoms. The van der Waals surface area contributed by atoms with E-state index >= 15 is 0 Å². The Labute approximate surface area is 107 Å². The lowest BCUT2D eigenvalue weighted by Gasteiger charge is -2.05. The molecule has 1 aromatic rings. The molecule has 0 spiro atoms. The molecule has 0 aromatic heterocycles. The summed E-state index contributed by atoms with van der Waals surface area (Å²) in [5.41, 5.74) is 1.62. The molecule has 98 valence electrons. The van der Waals surface area contributed by atoms with Gasteiger partial charge in [-0.2, -0.15) is 0 Å². The molecule has 0 aliphatic carbocycles. The number of aryl methyl sites for hydroxylation is 1. The van der Waals surface area contributed by atoms with E-state index in [1.807, 2.05) is 19.1 Å². The molecule has 0 unspecified atom stereocenters. The van der Waals surface area contributed by atoms with E-state index in [2.05, 4.69) is 0 Å². The van der Waals surface area contributed by atoms with Crippen LogP contribution in [0, 0.1) is 6.92 Å². The summed E-state index contributed by atoms with van der Waals surface area (Å²) in [6.07, 6.45) is 0.755. The van der Waals surface area contributed by atoms with Crippen LogP contribution >= 0.6 is 0 Å². The summed E-state index contributed by atoms with van der Waals surface area (Å²) in [5.74, 6) is -0.622. The predicted octanol–water partition coefficient (Wildman–Crippen LogP) is 2.50. The molecule has 0 amide bonds. The Balaban J connectivity index is 2.25. The standard InChI is InChI=1S/C14H18O4/c1-3-17-13(15)5-4-10-18-14(16)12-8-6-11(2)7-9-12/h6-9H,3-5,10H2,1-2H3. The fourth-order valence-electron chi connectivity index (χ4n) is 1.39. The molecule has 4 nitrogen and oxygen atoms in total. The summed E-state index contributed by atoms with van der Waals surface area (Å²) >= 11 is 0. The number of carbonyl (C=O) groups is 2. The highest BCUT2D eigenvalue weighted by atomic mass is 16.5. The minimum atomic E-state index is -0.362. The zero-order chi connectivity index (χ0) is 13.4. The molecule has 0 aliphatic rings. The molecule has 0 aliphatic heterocycles. The van der Waals surface area contributed by atoms with E-state index in [9.17, 15) is 9.59 Å². The van der Waals surface area contributed by atoms with Gasteiger partial charge in [0.2, 0.25) is 0 Å². The van der Waals surface area contributed by atoms with Gasteiger partial charge in [-0.05, 0) is 32.4 Å². The van der Waals surface area contributed by atoms with Crippen molar-refractivity contribution >= 4 is 11.9 Å². The zero-order valence-electron chi connectivity index (χ0n) is 10.8. The van der Waals surface area contributed by atoms with Crippen LogP contribution in [0.4, 0.5) is 0 Å². The normalized spacial score (nSPS) is 9.89. The third-order valence-electron chi connectivity index (χ3n) is 2.35. The van der Waals surface area contributed by atoms with E-state index in [0.29, 0.717) is 18.6 Å². The molecule has 0 fully saturated rings. The second kappa shape index (κ2) is 7.48. The Kier molecular flexibility index (Phi) is 5.91. The molecule has 0 saturated carbocycles. The largest absolute Gasteiger partial charge is 0.466 e. The van der Waals surface area contributed by atoms with Crippen LogP contribution < -0.4 is 0 Å². The maximum absolute atomic E-state index is 11.6. The van der Waals surface area contributed by atoms with Gasteiger partial charge in [-0.25, -0.2) is 4.79 Å². The van der Waals surface area contributed by atoms with Gasteiger partial charge in [-0.3, -0.25) is 4.79 Å². The molecule has 0 heterocycles. The van der Waals surface area contributed by atoms with Crippen LogP contribution in [0.5, 0.6) is 0 Å². The Morgan fingerprint density at radius 3 is 2.39 bits per heavy atom. The van der Waals surface area contributed by atoms with Gasteiger partial charge >= 0.3 is 11.9 Å². The van der Waals surface area contributed by atoms with E-state index in [1.165, 1.54) is 0 Å². The first-order valence-corrected chi connectivity index (χ1v) is 6.03. The SMILES string of the molecule is CCOC(=O)CCCOC(=O)c1ccc(C)cc1.